The van der Waals surface area contributed by atoms with Crippen molar-refractivity contribution in [3.05, 3.63) is 35.9 Å². The van der Waals surface area contributed by atoms with Crippen molar-refractivity contribution in [3.8, 4) is 0 Å². The lowest BCUT2D eigenvalue weighted by atomic mass is 9.63. The molecule has 0 unspecified atom stereocenters. The second-order valence-corrected chi connectivity index (χ2v) is 14.6. The van der Waals surface area contributed by atoms with Gasteiger partial charge in [0.25, 0.3) is 0 Å². The quantitative estimate of drug-likeness (QED) is 0.260. The molecule has 0 spiro atoms. The van der Waals surface area contributed by atoms with Crippen molar-refractivity contribution in [2.45, 2.75) is 123 Å². The fourth-order valence-corrected chi connectivity index (χ4v) is 8.41. The van der Waals surface area contributed by atoms with Gasteiger partial charge in [-0.2, -0.15) is 0 Å². The molecule has 4 aliphatic rings. The summed E-state index contributed by atoms with van der Waals surface area (Å²) in [4.78, 5) is 51.0. The van der Waals surface area contributed by atoms with Gasteiger partial charge < -0.3 is 30.1 Å². The maximum Gasteiger partial charge on any atom is 0.410 e. The Balaban J connectivity index is 0.000000257. The number of benzene rings is 1. The third-order valence-corrected chi connectivity index (χ3v) is 11.4. The van der Waals surface area contributed by atoms with Gasteiger partial charge in [-0.1, -0.05) is 76.3 Å². The molecule has 10 heteroatoms. The van der Waals surface area contributed by atoms with Crippen LogP contribution in [0.2, 0.25) is 0 Å². The smallest absolute Gasteiger partial charge is 0.410 e. The number of carboxylic acids is 1. The number of hydrogen-bond acceptors (Lipinski definition) is 7. The number of nitrogens with one attached hydrogen (secondary N) is 2. The number of hydrogen-bond donors (Lipinski definition) is 3. The Kier molecular flexibility index (Phi) is 14.8. The van der Waals surface area contributed by atoms with E-state index >= 15 is 0 Å². The molecule has 1 aromatic carbocycles. The van der Waals surface area contributed by atoms with Gasteiger partial charge in [0, 0.05) is 13.1 Å². The molecule has 270 valence electrons. The Morgan fingerprint density at radius 2 is 1.38 bits per heavy atom. The van der Waals surface area contributed by atoms with E-state index in [1.165, 1.54) is 32.8 Å². The Morgan fingerprint density at radius 3 is 1.88 bits per heavy atom. The number of carbonyl (C=O) groups excluding carboxylic acids is 3. The van der Waals surface area contributed by atoms with Crippen molar-refractivity contribution in [2.24, 2.45) is 22.7 Å². The minimum Gasteiger partial charge on any atom is -0.481 e. The molecule has 2 saturated carbocycles. The lowest BCUT2D eigenvalue weighted by Crippen LogP contribution is -2.59. The second kappa shape index (κ2) is 18.0. The molecule has 10 nitrogen and oxygen atoms in total. The van der Waals surface area contributed by atoms with Crippen LogP contribution in [-0.2, 0) is 30.5 Å². The number of methoxy groups -OCH3 is 1. The highest BCUT2D eigenvalue weighted by atomic mass is 16.6. The van der Waals surface area contributed by atoms with Crippen molar-refractivity contribution in [3.63, 3.8) is 0 Å². The molecule has 2 aliphatic heterocycles. The standard InChI is InChI=1S/C20H27NO4.C17H30N2O3.CH4/c22-18(23)20(17-9-5-2-6-10-17)11-13-21(14-12-20)19(24)25-15-16-7-3-1-4-8-16;1-16(2,15(21)22-3)19-14(20)17(9-11-18-12-10-17)13-7-5-4-6-8-13;/h1,3-4,7-8,17H,2,5-6,9-15H2,(H,22,23);13,18H,4-12H2,1-3H3,(H,19,20);1H4. The van der Waals surface area contributed by atoms with Crippen LogP contribution in [0.5, 0.6) is 0 Å². The Hall–Kier alpha value is -3.14. The molecule has 2 saturated heterocycles. The highest BCUT2D eigenvalue weighted by molar-refractivity contribution is 5.90. The minimum absolute atomic E-state index is 0. The van der Waals surface area contributed by atoms with E-state index in [2.05, 4.69) is 10.6 Å². The monoisotopic (exact) mass is 671 g/mol. The largest absolute Gasteiger partial charge is 0.481 e. The summed E-state index contributed by atoms with van der Waals surface area (Å²) < 4.78 is 10.2. The highest BCUT2D eigenvalue weighted by Gasteiger charge is 2.49. The fraction of sp³-hybridized carbons (Fsp3) is 0.737. The van der Waals surface area contributed by atoms with Gasteiger partial charge in [-0.05, 0) is 95.7 Å². The number of likely N-dealkylation sites (tertiary alicyclic amines) is 1. The maximum atomic E-state index is 13.1. The number of piperidine rings is 2. The van der Waals surface area contributed by atoms with E-state index in [1.54, 1.807) is 18.7 Å². The van der Waals surface area contributed by atoms with Gasteiger partial charge in [-0.25, -0.2) is 9.59 Å². The lowest BCUT2D eigenvalue weighted by Gasteiger charge is -2.45. The Bertz CT molecular complexity index is 1180. The second-order valence-electron chi connectivity index (χ2n) is 14.6. The summed E-state index contributed by atoms with van der Waals surface area (Å²) in [7, 11) is 1.36. The molecule has 2 amide bonds. The van der Waals surface area contributed by atoms with Crippen molar-refractivity contribution < 1.29 is 33.8 Å². The van der Waals surface area contributed by atoms with Gasteiger partial charge >= 0.3 is 18.0 Å². The van der Waals surface area contributed by atoms with E-state index < -0.39 is 22.9 Å². The van der Waals surface area contributed by atoms with Gasteiger partial charge in [-0.15, -0.1) is 0 Å². The van der Waals surface area contributed by atoms with E-state index in [0.717, 1.165) is 70.0 Å². The number of rotatable bonds is 8. The summed E-state index contributed by atoms with van der Waals surface area (Å²) in [6.07, 6.45) is 13.9. The summed E-state index contributed by atoms with van der Waals surface area (Å²) in [6, 6.07) is 9.58. The van der Waals surface area contributed by atoms with E-state index in [-0.39, 0.29) is 37.4 Å². The van der Waals surface area contributed by atoms with E-state index in [4.69, 9.17) is 9.47 Å². The molecular weight excluding hydrogens is 610 g/mol. The van der Waals surface area contributed by atoms with Crippen molar-refractivity contribution in [1.82, 2.24) is 15.5 Å². The first-order valence-electron chi connectivity index (χ1n) is 17.8. The zero-order valence-corrected chi connectivity index (χ0v) is 28.8. The van der Waals surface area contributed by atoms with Gasteiger partial charge in [0.2, 0.25) is 5.91 Å². The molecule has 0 aromatic heterocycles. The normalized spacial score (nSPS) is 21.4. The molecule has 3 N–H and O–H groups in total. The van der Waals surface area contributed by atoms with Crippen LogP contribution >= 0.6 is 0 Å². The SMILES string of the molecule is C.COC(=O)C(C)(C)NC(=O)C1(C2CCCCC2)CCNCC1.O=C(OCc1ccccc1)N1CCC(C(=O)O)(C2CCCCC2)CC1. The third-order valence-electron chi connectivity index (χ3n) is 11.4. The van der Waals surface area contributed by atoms with Gasteiger partial charge in [0.05, 0.1) is 17.9 Å². The number of amides is 2. The number of ether oxygens (including phenoxy) is 2. The Labute approximate surface area is 288 Å². The number of carbonyl (C=O) groups is 4. The molecule has 0 bridgehead atoms. The zero-order chi connectivity index (χ0) is 33.9. The van der Waals surface area contributed by atoms with E-state index in [9.17, 15) is 24.3 Å². The van der Waals surface area contributed by atoms with Crippen LogP contribution in [0.4, 0.5) is 4.79 Å². The van der Waals surface area contributed by atoms with Gasteiger partial charge in [0.15, 0.2) is 0 Å². The summed E-state index contributed by atoms with van der Waals surface area (Å²) >= 11 is 0. The first kappa shape index (κ1) is 39.3. The van der Waals surface area contributed by atoms with Crippen LogP contribution in [0.15, 0.2) is 30.3 Å². The third kappa shape index (κ3) is 9.51. The number of carboxylic acid groups (broad SMARTS) is 1. The van der Waals surface area contributed by atoms with Crippen LogP contribution in [-0.4, -0.2) is 72.8 Å². The molecule has 0 atom stereocenters. The summed E-state index contributed by atoms with van der Waals surface area (Å²) in [5.41, 5.74) is -0.999. The maximum absolute atomic E-state index is 13.1. The lowest BCUT2D eigenvalue weighted by molar-refractivity contribution is -0.157. The topological polar surface area (TPSA) is 134 Å². The summed E-state index contributed by atoms with van der Waals surface area (Å²) in [5.74, 6) is -0.348. The predicted molar refractivity (Wildman–Crippen MR) is 186 cm³/mol. The van der Waals surface area contributed by atoms with Crippen molar-refractivity contribution in [2.75, 3.05) is 33.3 Å². The molecule has 5 rings (SSSR count). The molecule has 4 fully saturated rings. The van der Waals surface area contributed by atoms with Crippen LogP contribution < -0.4 is 10.6 Å². The fourth-order valence-electron chi connectivity index (χ4n) is 8.41. The molecule has 48 heavy (non-hydrogen) atoms. The average Bonchev–Trinajstić information content (AvgIpc) is 3.11. The average molecular weight is 672 g/mol. The van der Waals surface area contributed by atoms with Crippen LogP contribution in [0.25, 0.3) is 0 Å². The first-order chi connectivity index (χ1) is 22.5. The van der Waals surface area contributed by atoms with E-state index in [0.29, 0.717) is 31.8 Å². The van der Waals surface area contributed by atoms with Crippen LogP contribution in [0.3, 0.4) is 0 Å². The predicted octanol–water partition coefficient (Wildman–Crippen LogP) is 6.71. The molecule has 2 aliphatic carbocycles. The van der Waals surface area contributed by atoms with Crippen LogP contribution in [0, 0.1) is 22.7 Å². The van der Waals surface area contributed by atoms with Gasteiger partial charge in [-0.3, -0.25) is 9.59 Å². The van der Waals surface area contributed by atoms with Crippen molar-refractivity contribution in [1.29, 1.82) is 0 Å². The Morgan fingerprint density at radius 1 is 0.854 bits per heavy atom. The highest BCUT2D eigenvalue weighted by Crippen LogP contribution is 2.47. The van der Waals surface area contributed by atoms with E-state index in [1.807, 2.05) is 30.3 Å². The van der Waals surface area contributed by atoms with Gasteiger partial charge in [0.1, 0.15) is 12.1 Å². The minimum atomic E-state index is -0.974. The molecule has 1 aromatic rings. The van der Waals surface area contributed by atoms with Crippen molar-refractivity contribution >= 4 is 23.9 Å². The number of esters is 1. The number of nitrogens with zero attached hydrogens (tertiary/aromatic N) is 1. The van der Waals surface area contributed by atoms with Crippen LogP contribution in [0.1, 0.15) is 117 Å². The summed E-state index contributed by atoms with van der Waals surface area (Å²) in [6.45, 7) is 6.37. The molecule has 2 heterocycles. The number of aliphatic carboxylic acids is 1. The molecule has 0 radical (unpaired) electrons. The first-order valence-corrected chi connectivity index (χ1v) is 17.8. The summed E-state index contributed by atoms with van der Waals surface area (Å²) in [5, 5.41) is 16.2. The molecular formula is C38H61N3O7. The zero-order valence-electron chi connectivity index (χ0n) is 28.8.